The SMILES string of the molecule is CC12CC3(C)CC(C)(C1)CC(COC(=O)C(F)(F)S(=O)(=O)O)(C2)C3. The van der Waals surface area contributed by atoms with Crippen molar-refractivity contribution in [3.8, 4) is 0 Å². The van der Waals surface area contributed by atoms with Crippen molar-refractivity contribution in [2.75, 3.05) is 6.61 Å². The van der Waals surface area contributed by atoms with Gasteiger partial charge in [0.15, 0.2) is 0 Å². The summed E-state index contributed by atoms with van der Waals surface area (Å²) >= 11 is 0. The van der Waals surface area contributed by atoms with Crippen LogP contribution in [0.3, 0.4) is 0 Å². The molecule has 0 atom stereocenters. The van der Waals surface area contributed by atoms with E-state index >= 15 is 0 Å². The molecule has 0 unspecified atom stereocenters. The smallest absolute Gasteiger partial charge is 0.460 e. The van der Waals surface area contributed by atoms with Crippen LogP contribution in [0.1, 0.15) is 59.3 Å². The third-order valence-electron chi connectivity index (χ3n) is 6.04. The molecule has 0 radical (unpaired) electrons. The zero-order valence-electron chi connectivity index (χ0n) is 14.2. The van der Waals surface area contributed by atoms with Gasteiger partial charge in [0.1, 0.15) is 0 Å². The Hall–Kier alpha value is -0.760. The molecule has 0 aromatic heterocycles. The van der Waals surface area contributed by atoms with Gasteiger partial charge in [0.05, 0.1) is 6.61 Å². The molecule has 4 bridgehead atoms. The Balaban J connectivity index is 1.80. The van der Waals surface area contributed by atoms with Crippen LogP contribution in [0.25, 0.3) is 0 Å². The number of carbonyl (C=O) groups excluding carboxylic acids is 1. The van der Waals surface area contributed by atoms with Crippen LogP contribution in [0.4, 0.5) is 8.78 Å². The topological polar surface area (TPSA) is 80.7 Å². The molecule has 1 N–H and O–H groups in total. The lowest BCUT2D eigenvalue weighted by Gasteiger charge is -2.68. The van der Waals surface area contributed by atoms with Crippen LogP contribution in [0, 0.1) is 21.7 Å². The van der Waals surface area contributed by atoms with Gasteiger partial charge in [-0.1, -0.05) is 20.8 Å². The molecule has 0 aliphatic heterocycles. The molecular weight excluding hydrogens is 342 g/mol. The minimum absolute atomic E-state index is 0.0935. The lowest BCUT2D eigenvalue weighted by atomic mass is 9.36. The quantitative estimate of drug-likeness (QED) is 0.609. The van der Waals surface area contributed by atoms with E-state index in [0.29, 0.717) is 0 Å². The first-order chi connectivity index (χ1) is 10.6. The zero-order valence-corrected chi connectivity index (χ0v) is 15.0. The van der Waals surface area contributed by atoms with E-state index in [1.807, 2.05) is 0 Å². The van der Waals surface area contributed by atoms with E-state index in [4.69, 9.17) is 9.29 Å². The number of rotatable bonds is 4. The average molecular weight is 366 g/mol. The average Bonchev–Trinajstić information content (AvgIpc) is 2.28. The minimum Gasteiger partial charge on any atom is -0.460 e. The van der Waals surface area contributed by atoms with Gasteiger partial charge in [-0.3, -0.25) is 4.55 Å². The Kier molecular flexibility index (Phi) is 3.53. The molecule has 0 heterocycles. The van der Waals surface area contributed by atoms with E-state index in [9.17, 15) is 22.0 Å². The van der Waals surface area contributed by atoms with Gasteiger partial charge in [-0.25, -0.2) is 4.79 Å². The fourth-order valence-electron chi connectivity index (χ4n) is 7.12. The summed E-state index contributed by atoms with van der Waals surface area (Å²) in [4.78, 5) is 11.5. The fourth-order valence-corrected chi connectivity index (χ4v) is 7.39. The van der Waals surface area contributed by atoms with E-state index < -0.39 is 26.8 Å². The third-order valence-corrected chi connectivity index (χ3v) is 6.85. The van der Waals surface area contributed by atoms with Gasteiger partial charge in [-0.2, -0.15) is 17.2 Å². The van der Waals surface area contributed by atoms with Crippen LogP contribution in [-0.4, -0.2) is 30.8 Å². The van der Waals surface area contributed by atoms with Crippen LogP contribution in [-0.2, 0) is 19.6 Å². The highest BCUT2D eigenvalue weighted by Gasteiger charge is 2.64. The van der Waals surface area contributed by atoms with E-state index in [0.717, 1.165) is 38.5 Å². The Morgan fingerprint density at radius 2 is 1.38 bits per heavy atom. The van der Waals surface area contributed by atoms with Gasteiger partial charge < -0.3 is 4.74 Å². The molecule has 0 spiro atoms. The van der Waals surface area contributed by atoms with E-state index in [1.54, 1.807) is 0 Å². The maximum Gasteiger partial charge on any atom is 0.465 e. The number of ether oxygens (including phenoxy) is 1. The maximum absolute atomic E-state index is 13.4. The number of halogens is 2. The Morgan fingerprint density at radius 1 is 1.00 bits per heavy atom. The van der Waals surface area contributed by atoms with E-state index in [2.05, 4.69) is 20.8 Å². The molecule has 0 aromatic carbocycles. The molecule has 4 fully saturated rings. The number of alkyl halides is 2. The molecule has 138 valence electrons. The largest absolute Gasteiger partial charge is 0.465 e. The van der Waals surface area contributed by atoms with Gasteiger partial charge in [-0.05, 0) is 54.8 Å². The molecule has 5 nitrogen and oxygen atoms in total. The molecule has 4 aliphatic carbocycles. The molecule has 4 rings (SSSR count). The number of esters is 1. The third kappa shape index (κ3) is 2.75. The number of hydrogen-bond acceptors (Lipinski definition) is 4. The lowest BCUT2D eigenvalue weighted by molar-refractivity contribution is -0.208. The first-order valence-corrected chi connectivity index (χ1v) is 9.58. The van der Waals surface area contributed by atoms with Crippen molar-refractivity contribution in [1.82, 2.24) is 0 Å². The van der Waals surface area contributed by atoms with Gasteiger partial charge in [0, 0.05) is 5.41 Å². The standard InChI is InChI=1S/C16H24F2O5S/c1-12-4-13(2)6-14(3,5-12)9-15(7-12,8-13)10-23-11(19)16(17,18)24(20,21)22/h4-10H2,1-3H3,(H,20,21,22). The molecule has 0 aromatic rings. The monoisotopic (exact) mass is 366 g/mol. The molecule has 0 amide bonds. The van der Waals surface area contributed by atoms with Gasteiger partial charge >= 0.3 is 21.3 Å². The van der Waals surface area contributed by atoms with Gasteiger partial charge in [0.25, 0.3) is 0 Å². The normalized spacial score (nSPS) is 44.6. The van der Waals surface area contributed by atoms with Crippen LogP contribution >= 0.6 is 0 Å². The Labute approximate surface area is 140 Å². The van der Waals surface area contributed by atoms with Crippen molar-refractivity contribution in [3.05, 3.63) is 0 Å². The zero-order chi connectivity index (χ0) is 18.2. The second kappa shape index (κ2) is 4.69. The van der Waals surface area contributed by atoms with Crippen LogP contribution in [0.15, 0.2) is 0 Å². The van der Waals surface area contributed by atoms with Crippen molar-refractivity contribution < 1.29 is 31.3 Å². The highest BCUT2D eigenvalue weighted by molar-refractivity contribution is 7.87. The van der Waals surface area contributed by atoms with Crippen molar-refractivity contribution in [1.29, 1.82) is 0 Å². The van der Waals surface area contributed by atoms with Gasteiger partial charge in [-0.15, -0.1) is 0 Å². The van der Waals surface area contributed by atoms with Crippen LogP contribution < -0.4 is 0 Å². The van der Waals surface area contributed by atoms with Crippen LogP contribution in [0.5, 0.6) is 0 Å². The Morgan fingerprint density at radius 3 is 1.71 bits per heavy atom. The van der Waals surface area contributed by atoms with Crippen molar-refractivity contribution in [2.45, 2.75) is 64.6 Å². The Bertz CT molecular complexity index is 633. The maximum atomic E-state index is 13.4. The molecular formula is C16H24F2O5S. The summed E-state index contributed by atoms with van der Waals surface area (Å²) in [6.07, 6.45) is 5.59. The van der Waals surface area contributed by atoms with Crippen molar-refractivity contribution in [3.63, 3.8) is 0 Å². The summed E-state index contributed by atoms with van der Waals surface area (Å²) in [5.41, 5.74) is -0.110. The summed E-state index contributed by atoms with van der Waals surface area (Å²) in [5.74, 6) is -2.19. The van der Waals surface area contributed by atoms with Crippen molar-refractivity contribution in [2.24, 2.45) is 21.7 Å². The fraction of sp³-hybridized carbons (Fsp3) is 0.938. The highest BCUT2D eigenvalue weighted by Crippen LogP contribution is 2.73. The second-order valence-electron chi connectivity index (χ2n) is 9.56. The molecule has 24 heavy (non-hydrogen) atoms. The van der Waals surface area contributed by atoms with Gasteiger partial charge in [0.2, 0.25) is 0 Å². The first-order valence-electron chi connectivity index (χ1n) is 8.14. The summed E-state index contributed by atoms with van der Waals surface area (Å²) < 4.78 is 61.4. The predicted octanol–water partition coefficient (Wildman–Crippen LogP) is 3.40. The molecule has 0 saturated heterocycles. The molecule has 8 heteroatoms. The summed E-state index contributed by atoms with van der Waals surface area (Å²) in [6.45, 7) is 6.37. The summed E-state index contributed by atoms with van der Waals surface area (Å²) in [7, 11) is -5.82. The van der Waals surface area contributed by atoms with E-state index in [1.165, 1.54) is 0 Å². The predicted molar refractivity (Wildman–Crippen MR) is 81.9 cm³/mol. The first kappa shape index (κ1) is 18.0. The molecule has 4 aliphatic rings. The molecule has 4 saturated carbocycles. The lowest BCUT2D eigenvalue weighted by Crippen LogP contribution is -2.60. The summed E-state index contributed by atoms with van der Waals surface area (Å²) in [5, 5.41) is -4.92. The second-order valence-corrected chi connectivity index (χ2v) is 11.0. The number of hydrogen-bond donors (Lipinski definition) is 1. The summed E-state index contributed by atoms with van der Waals surface area (Å²) in [6, 6.07) is 0. The van der Waals surface area contributed by atoms with Crippen LogP contribution in [0.2, 0.25) is 0 Å². The highest BCUT2D eigenvalue weighted by atomic mass is 32.2. The van der Waals surface area contributed by atoms with E-state index in [-0.39, 0.29) is 22.9 Å². The minimum atomic E-state index is -5.82. The van der Waals surface area contributed by atoms with Crippen molar-refractivity contribution >= 4 is 16.1 Å². The number of carbonyl (C=O) groups is 1.